The third kappa shape index (κ3) is 5.92. The standard InChI is InChI=1S/C26H35N3O7S/c1-17(30)9-11-19-16-29(37(32,33)24-20-8-6-7-13-28(20)27-25(24)34-5)21-14-18(10-12-22(21)35-19)15-23(31)36-26(2,3)4/h10,12,14,19H,6-9,11,13,15-16H2,1-5H3/t19-/m0/s1. The Labute approximate surface area is 217 Å². The number of carbonyl (C=O) groups is 2. The molecule has 1 aromatic carbocycles. The lowest BCUT2D eigenvalue weighted by Gasteiger charge is -2.36. The average molecular weight is 534 g/mol. The van der Waals surface area contributed by atoms with Crippen molar-refractivity contribution in [1.82, 2.24) is 9.78 Å². The molecule has 0 amide bonds. The number of fused-ring (bicyclic) bond motifs is 2. The number of hydrogen-bond donors (Lipinski definition) is 0. The fraction of sp³-hybridized carbons (Fsp3) is 0.577. The molecule has 0 saturated carbocycles. The molecular formula is C26H35N3O7S. The molecule has 0 spiro atoms. The van der Waals surface area contributed by atoms with Crippen LogP contribution >= 0.6 is 0 Å². The van der Waals surface area contributed by atoms with Gasteiger partial charge in [0.15, 0.2) is 4.90 Å². The normalized spacial score (nSPS) is 17.4. The third-order valence-electron chi connectivity index (χ3n) is 6.30. The van der Waals surface area contributed by atoms with Gasteiger partial charge in [0.1, 0.15) is 23.2 Å². The molecule has 10 nitrogen and oxygen atoms in total. The number of hydrogen-bond acceptors (Lipinski definition) is 8. The van der Waals surface area contributed by atoms with Crippen molar-refractivity contribution in [2.75, 3.05) is 18.0 Å². The van der Waals surface area contributed by atoms with Gasteiger partial charge in [-0.1, -0.05) is 6.07 Å². The molecular weight excluding hydrogens is 498 g/mol. The first-order valence-electron chi connectivity index (χ1n) is 12.6. The van der Waals surface area contributed by atoms with Crippen molar-refractivity contribution in [3.8, 4) is 11.6 Å². The van der Waals surface area contributed by atoms with Crippen molar-refractivity contribution in [2.45, 2.75) is 89.4 Å². The van der Waals surface area contributed by atoms with Crippen LogP contribution in [-0.2, 0) is 43.7 Å². The monoisotopic (exact) mass is 533 g/mol. The number of ether oxygens (including phenoxy) is 3. The van der Waals surface area contributed by atoms with E-state index < -0.39 is 27.7 Å². The maximum Gasteiger partial charge on any atom is 0.310 e. The molecule has 202 valence electrons. The number of esters is 1. The Bertz CT molecular complexity index is 1290. The van der Waals surface area contributed by atoms with Crippen LogP contribution in [0.15, 0.2) is 23.1 Å². The first-order valence-corrected chi connectivity index (χ1v) is 14.0. The maximum atomic E-state index is 14.2. The van der Waals surface area contributed by atoms with Gasteiger partial charge in [-0.15, -0.1) is 5.10 Å². The molecule has 37 heavy (non-hydrogen) atoms. The molecule has 0 unspecified atom stereocenters. The average Bonchev–Trinajstić information content (AvgIpc) is 3.20. The van der Waals surface area contributed by atoms with Crippen LogP contribution in [-0.4, -0.2) is 55.3 Å². The summed E-state index contributed by atoms with van der Waals surface area (Å²) in [5.74, 6) is 0.0284. The highest BCUT2D eigenvalue weighted by Gasteiger charge is 2.40. The minimum absolute atomic E-state index is 0.00360. The molecule has 1 atom stereocenters. The lowest BCUT2D eigenvalue weighted by Crippen LogP contribution is -2.44. The SMILES string of the molecule is COc1nn2c(c1S(=O)(=O)N1C[C@H](CCC(C)=O)Oc3ccc(CC(=O)OC(C)(C)C)cc31)CCCC2. The van der Waals surface area contributed by atoms with E-state index in [2.05, 4.69) is 5.10 Å². The predicted molar refractivity (Wildman–Crippen MR) is 137 cm³/mol. The molecule has 3 heterocycles. The van der Waals surface area contributed by atoms with E-state index in [1.54, 1.807) is 43.7 Å². The summed E-state index contributed by atoms with van der Waals surface area (Å²) < 4.78 is 48.5. The Morgan fingerprint density at radius 1 is 1.22 bits per heavy atom. The first kappa shape index (κ1) is 27.0. The summed E-state index contributed by atoms with van der Waals surface area (Å²) in [6.07, 6.45) is 2.48. The second-order valence-corrected chi connectivity index (χ2v) is 12.3. The van der Waals surface area contributed by atoms with Crippen molar-refractivity contribution in [1.29, 1.82) is 0 Å². The molecule has 2 aliphatic rings. The molecule has 0 fully saturated rings. The quantitative estimate of drug-likeness (QED) is 0.474. The largest absolute Gasteiger partial charge is 0.486 e. The van der Waals surface area contributed by atoms with Gasteiger partial charge >= 0.3 is 5.97 Å². The number of sulfonamides is 1. The second kappa shape index (κ2) is 10.4. The predicted octanol–water partition coefficient (Wildman–Crippen LogP) is 3.44. The van der Waals surface area contributed by atoms with E-state index in [-0.39, 0.29) is 35.9 Å². The van der Waals surface area contributed by atoms with Crippen molar-refractivity contribution in [2.24, 2.45) is 0 Å². The zero-order chi connectivity index (χ0) is 27.0. The van der Waals surface area contributed by atoms with Crippen LogP contribution in [0.25, 0.3) is 0 Å². The van der Waals surface area contributed by atoms with E-state index >= 15 is 0 Å². The number of rotatable bonds is 8. The van der Waals surface area contributed by atoms with E-state index in [4.69, 9.17) is 14.2 Å². The van der Waals surface area contributed by atoms with Crippen LogP contribution in [0, 0.1) is 0 Å². The van der Waals surface area contributed by atoms with Gasteiger partial charge in [0.05, 0.1) is 31.5 Å². The maximum absolute atomic E-state index is 14.2. The zero-order valence-electron chi connectivity index (χ0n) is 22.1. The Kier molecular flexibility index (Phi) is 7.55. The van der Waals surface area contributed by atoms with Crippen molar-refractivity contribution < 1.29 is 32.2 Å². The fourth-order valence-corrected chi connectivity index (χ4v) is 6.53. The van der Waals surface area contributed by atoms with Crippen LogP contribution in [0.4, 0.5) is 5.69 Å². The van der Waals surface area contributed by atoms with Gasteiger partial charge in [0.2, 0.25) is 0 Å². The van der Waals surface area contributed by atoms with Crippen molar-refractivity contribution in [3.05, 3.63) is 29.5 Å². The van der Waals surface area contributed by atoms with Gasteiger partial charge in [-0.2, -0.15) is 0 Å². The van der Waals surface area contributed by atoms with Crippen LogP contribution in [0.5, 0.6) is 11.6 Å². The molecule has 0 aliphatic carbocycles. The lowest BCUT2D eigenvalue weighted by molar-refractivity contribution is -0.153. The van der Waals surface area contributed by atoms with E-state index in [1.165, 1.54) is 18.3 Å². The summed E-state index contributed by atoms with van der Waals surface area (Å²) in [5, 5.41) is 4.41. The summed E-state index contributed by atoms with van der Waals surface area (Å²) in [5.41, 5.74) is 0.925. The zero-order valence-corrected chi connectivity index (χ0v) is 22.9. The minimum atomic E-state index is -4.12. The number of nitrogens with zero attached hydrogens (tertiary/aromatic N) is 3. The topological polar surface area (TPSA) is 117 Å². The first-order chi connectivity index (χ1) is 17.4. The summed E-state index contributed by atoms with van der Waals surface area (Å²) in [7, 11) is -2.71. The molecule has 11 heteroatoms. The molecule has 0 bridgehead atoms. The second-order valence-electron chi connectivity index (χ2n) is 10.5. The highest BCUT2D eigenvalue weighted by atomic mass is 32.2. The molecule has 0 radical (unpaired) electrons. The number of methoxy groups -OCH3 is 1. The van der Waals surface area contributed by atoms with Crippen LogP contribution in [0.2, 0.25) is 0 Å². The molecule has 0 saturated heterocycles. The van der Waals surface area contributed by atoms with Crippen molar-refractivity contribution >= 4 is 27.5 Å². The lowest BCUT2D eigenvalue weighted by atomic mass is 10.1. The highest BCUT2D eigenvalue weighted by Crippen LogP contribution is 2.41. The number of aromatic nitrogens is 2. The van der Waals surface area contributed by atoms with Crippen molar-refractivity contribution in [3.63, 3.8) is 0 Å². The highest BCUT2D eigenvalue weighted by molar-refractivity contribution is 7.93. The van der Waals surface area contributed by atoms with E-state index in [9.17, 15) is 18.0 Å². The number of aryl methyl sites for hydroxylation is 1. The van der Waals surface area contributed by atoms with Gasteiger partial charge in [-0.25, -0.2) is 8.42 Å². The molecule has 1 aromatic heterocycles. The number of benzene rings is 1. The number of anilines is 1. The smallest absolute Gasteiger partial charge is 0.310 e. The van der Waals surface area contributed by atoms with Crippen LogP contribution in [0.3, 0.4) is 0 Å². The van der Waals surface area contributed by atoms with E-state index in [1.807, 2.05) is 0 Å². The number of Topliss-reactive ketones (excluding diaryl/α,β-unsaturated/α-hetero) is 1. The third-order valence-corrected chi connectivity index (χ3v) is 8.15. The van der Waals surface area contributed by atoms with Gasteiger partial charge in [-0.05, 0) is 71.1 Å². The Morgan fingerprint density at radius 2 is 1.97 bits per heavy atom. The van der Waals surface area contributed by atoms with Crippen LogP contribution < -0.4 is 13.8 Å². The Hall–Kier alpha value is -3.08. The van der Waals surface area contributed by atoms with Gasteiger partial charge in [-0.3, -0.25) is 13.8 Å². The van der Waals surface area contributed by atoms with Gasteiger partial charge in [0.25, 0.3) is 15.9 Å². The fourth-order valence-electron chi connectivity index (χ4n) is 4.69. The van der Waals surface area contributed by atoms with Crippen LogP contribution in [0.1, 0.15) is 64.6 Å². The molecule has 2 aromatic rings. The Morgan fingerprint density at radius 3 is 2.65 bits per heavy atom. The summed E-state index contributed by atoms with van der Waals surface area (Å²) >= 11 is 0. The molecule has 0 N–H and O–H groups in total. The van der Waals surface area contributed by atoms with E-state index in [0.29, 0.717) is 42.1 Å². The number of ketones is 1. The Balaban J connectivity index is 1.76. The summed E-state index contributed by atoms with van der Waals surface area (Å²) in [6, 6.07) is 5.05. The summed E-state index contributed by atoms with van der Waals surface area (Å²) in [4.78, 5) is 24.2. The van der Waals surface area contributed by atoms with Gasteiger partial charge < -0.3 is 19.0 Å². The minimum Gasteiger partial charge on any atom is -0.486 e. The molecule has 4 rings (SSSR count). The van der Waals surface area contributed by atoms with E-state index in [0.717, 1.165) is 12.8 Å². The summed E-state index contributed by atoms with van der Waals surface area (Å²) in [6.45, 7) is 7.52. The molecule has 2 aliphatic heterocycles. The number of carbonyl (C=O) groups excluding carboxylic acids is 2. The van der Waals surface area contributed by atoms with Gasteiger partial charge in [0, 0.05) is 13.0 Å².